The molecular weight excluding hydrogens is 366 g/mol. The molecule has 3 rings (SSSR count). The maximum atomic E-state index is 12.7. The number of benzene rings is 1. The molecule has 0 atom stereocenters. The number of nitrogens with zero attached hydrogens (tertiary/aromatic N) is 3. The molecule has 0 spiro atoms. The van der Waals surface area contributed by atoms with Crippen molar-refractivity contribution in [3.05, 3.63) is 29.8 Å². The van der Waals surface area contributed by atoms with E-state index in [4.69, 9.17) is 4.74 Å². The number of ether oxygens (including phenoxy) is 1. The van der Waals surface area contributed by atoms with Crippen molar-refractivity contribution in [1.29, 1.82) is 0 Å². The van der Waals surface area contributed by atoms with Gasteiger partial charge in [-0.3, -0.25) is 9.69 Å². The summed E-state index contributed by atoms with van der Waals surface area (Å²) < 4.78 is 32.0. The zero-order valence-corrected chi connectivity index (χ0v) is 16.8. The maximum Gasteiger partial charge on any atom is 0.253 e. The molecule has 0 unspecified atom stereocenters. The van der Waals surface area contributed by atoms with Gasteiger partial charge in [-0.15, -0.1) is 0 Å². The van der Waals surface area contributed by atoms with Gasteiger partial charge in [-0.1, -0.05) is 13.3 Å². The number of piperazine rings is 1. The van der Waals surface area contributed by atoms with Crippen molar-refractivity contribution in [2.24, 2.45) is 0 Å². The molecule has 7 nitrogen and oxygen atoms in total. The zero-order chi connectivity index (χ0) is 19.3. The van der Waals surface area contributed by atoms with E-state index in [1.807, 2.05) is 4.90 Å². The molecule has 2 aliphatic rings. The number of hydrogen-bond donors (Lipinski definition) is 0. The first-order valence-electron chi connectivity index (χ1n) is 9.72. The molecule has 0 N–H and O–H groups in total. The molecule has 1 amide bonds. The Bertz CT molecular complexity index is 722. The van der Waals surface area contributed by atoms with Gasteiger partial charge in [0.2, 0.25) is 10.0 Å². The molecule has 2 saturated heterocycles. The number of rotatable bonds is 6. The number of sulfonamides is 1. The topological polar surface area (TPSA) is 70.2 Å². The van der Waals surface area contributed by atoms with E-state index in [9.17, 15) is 13.2 Å². The van der Waals surface area contributed by atoms with Crippen molar-refractivity contribution in [3.8, 4) is 0 Å². The number of carbonyl (C=O) groups is 1. The number of morpholine rings is 1. The van der Waals surface area contributed by atoms with Gasteiger partial charge in [-0.25, -0.2) is 8.42 Å². The van der Waals surface area contributed by atoms with Crippen LogP contribution in [-0.4, -0.2) is 87.5 Å². The highest BCUT2D eigenvalue weighted by molar-refractivity contribution is 7.89. The second kappa shape index (κ2) is 9.14. The van der Waals surface area contributed by atoms with Gasteiger partial charge in [0.1, 0.15) is 0 Å². The Kier molecular flexibility index (Phi) is 6.86. The predicted octanol–water partition coefficient (Wildman–Crippen LogP) is 1.27. The van der Waals surface area contributed by atoms with Crippen LogP contribution in [0.25, 0.3) is 0 Å². The normalized spacial score (nSPS) is 20.0. The lowest BCUT2D eigenvalue weighted by Crippen LogP contribution is -2.48. The minimum Gasteiger partial charge on any atom is -0.379 e. The van der Waals surface area contributed by atoms with Crippen molar-refractivity contribution in [3.63, 3.8) is 0 Å². The summed E-state index contributed by atoms with van der Waals surface area (Å²) in [6, 6.07) is 6.32. The maximum absolute atomic E-state index is 12.7. The van der Waals surface area contributed by atoms with Gasteiger partial charge in [0.05, 0.1) is 18.1 Å². The lowest BCUT2D eigenvalue weighted by molar-refractivity contribution is 0.0635. The third-order valence-corrected chi connectivity index (χ3v) is 7.11. The van der Waals surface area contributed by atoms with Crippen LogP contribution in [0.4, 0.5) is 0 Å². The van der Waals surface area contributed by atoms with Crippen LogP contribution in [0.5, 0.6) is 0 Å². The van der Waals surface area contributed by atoms with Crippen molar-refractivity contribution >= 4 is 15.9 Å². The van der Waals surface area contributed by atoms with E-state index in [1.165, 1.54) is 29.3 Å². The number of carbonyl (C=O) groups excluding carboxylic acids is 1. The third-order valence-electron chi connectivity index (χ3n) is 5.20. The molecule has 0 saturated carbocycles. The SMILES string of the molecule is CCCCN1CCN(C(=O)c2ccc(S(=O)(=O)N3CCOCC3)cc2)CC1. The van der Waals surface area contributed by atoms with Gasteiger partial charge in [0.25, 0.3) is 5.91 Å². The van der Waals surface area contributed by atoms with E-state index >= 15 is 0 Å². The third kappa shape index (κ3) is 4.87. The van der Waals surface area contributed by atoms with E-state index in [2.05, 4.69) is 11.8 Å². The molecule has 1 aromatic carbocycles. The molecule has 150 valence electrons. The molecular formula is C19H29N3O4S. The van der Waals surface area contributed by atoms with Gasteiger partial charge < -0.3 is 9.64 Å². The van der Waals surface area contributed by atoms with Crippen LogP contribution in [0.1, 0.15) is 30.1 Å². The molecule has 2 heterocycles. The van der Waals surface area contributed by atoms with Gasteiger partial charge >= 0.3 is 0 Å². The summed E-state index contributed by atoms with van der Waals surface area (Å²) in [6.07, 6.45) is 2.37. The van der Waals surface area contributed by atoms with Crippen LogP contribution in [0, 0.1) is 0 Å². The summed E-state index contributed by atoms with van der Waals surface area (Å²) in [7, 11) is -3.52. The number of hydrogen-bond acceptors (Lipinski definition) is 5. The summed E-state index contributed by atoms with van der Waals surface area (Å²) in [5.74, 6) is -0.0274. The van der Waals surface area contributed by atoms with Crippen molar-refractivity contribution < 1.29 is 17.9 Å². The molecule has 2 aliphatic heterocycles. The average molecular weight is 396 g/mol. The summed E-state index contributed by atoms with van der Waals surface area (Å²) in [5, 5.41) is 0. The highest BCUT2D eigenvalue weighted by Crippen LogP contribution is 2.19. The molecule has 2 fully saturated rings. The zero-order valence-electron chi connectivity index (χ0n) is 16.0. The second-order valence-corrected chi connectivity index (χ2v) is 8.97. The smallest absolute Gasteiger partial charge is 0.253 e. The fraction of sp³-hybridized carbons (Fsp3) is 0.632. The fourth-order valence-corrected chi connectivity index (χ4v) is 4.85. The number of unbranched alkanes of at least 4 members (excludes halogenated alkanes) is 1. The molecule has 8 heteroatoms. The lowest BCUT2D eigenvalue weighted by Gasteiger charge is -2.34. The first-order chi connectivity index (χ1) is 13.0. The van der Waals surface area contributed by atoms with E-state index in [0.717, 1.165) is 32.7 Å². The highest BCUT2D eigenvalue weighted by Gasteiger charge is 2.27. The van der Waals surface area contributed by atoms with Crippen molar-refractivity contribution in [2.45, 2.75) is 24.7 Å². The van der Waals surface area contributed by atoms with Gasteiger partial charge in [0.15, 0.2) is 0 Å². The van der Waals surface area contributed by atoms with Crippen LogP contribution in [-0.2, 0) is 14.8 Å². The van der Waals surface area contributed by atoms with Crippen LogP contribution in [0.2, 0.25) is 0 Å². The monoisotopic (exact) mass is 395 g/mol. The summed E-state index contributed by atoms with van der Waals surface area (Å²) in [4.78, 5) is 17.2. The molecule has 0 radical (unpaired) electrons. The Morgan fingerprint density at radius 2 is 1.63 bits per heavy atom. The van der Waals surface area contributed by atoms with Gasteiger partial charge in [-0.05, 0) is 37.2 Å². The molecule has 27 heavy (non-hydrogen) atoms. The molecule has 0 bridgehead atoms. The Morgan fingerprint density at radius 1 is 1.00 bits per heavy atom. The van der Waals surface area contributed by atoms with Crippen LogP contribution < -0.4 is 0 Å². The van der Waals surface area contributed by atoms with Crippen LogP contribution in [0.15, 0.2) is 29.2 Å². The van der Waals surface area contributed by atoms with E-state index in [-0.39, 0.29) is 10.8 Å². The highest BCUT2D eigenvalue weighted by atomic mass is 32.2. The minimum absolute atomic E-state index is 0.0274. The second-order valence-electron chi connectivity index (χ2n) is 7.03. The van der Waals surface area contributed by atoms with Gasteiger partial charge in [-0.2, -0.15) is 4.31 Å². The van der Waals surface area contributed by atoms with Crippen molar-refractivity contribution in [2.75, 3.05) is 59.0 Å². The Morgan fingerprint density at radius 3 is 2.22 bits per heavy atom. The largest absolute Gasteiger partial charge is 0.379 e. The fourth-order valence-electron chi connectivity index (χ4n) is 3.44. The predicted molar refractivity (Wildman–Crippen MR) is 103 cm³/mol. The van der Waals surface area contributed by atoms with Crippen LogP contribution in [0.3, 0.4) is 0 Å². The Hall–Kier alpha value is -1.48. The molecule has 0 aliphatic carbocycles. The lowest BCUT2D eigenvalue weighted by atomic mass is 10.2. The standard InChI is InChI=1S/C19H29N3O4S/c1-2-3-8-20-9-11-21(12-10-20)19(23)17-4-6-18(7-5-17)27(24,25)22-13-15-26-16-14-22/h4-7H,2-3,8-16H2,1H3. The number of amides is 1. The minimum atomic E-state index is -3.52. The van der Waals surface area contributed by atoms with E-state index in [1.54, 1.807) is 12.1 Å². The summed E-state index contributed by atoms with van der Waals surface area (Å²) >= 11 is 0. The quantitative estimate of drug-likeness (QED) is 0.725. The Labute approximate surface area is 161 Å². The summed E-state index contributed by atoms with van der Waals surface area (Å²) in [5.41, 5.74) is 0.540. The van der Waals surface area contributed by atoms with E-state index in [0.29, 0.717) is 31.9 Å². The summed E-state index contributed by atoms with van der Waals surface area (Å²) in [6.45, 7) is 8.07. The van der Waals surface area contributed by atoms with Crippen LogP contribution >= 0.6 is 0 Å². The Balaban J connectivity index is 1.61. The molecule has 0 aromatic heterocycles. The van der Waals surface area contributed by atoms with E-state index < -0.39 is 10.0 Å². The average Bonchev–Trinajstić information content (AvgIpc) is 2.73. The van der Waals surface area contributed by atoms with Crippen molar-refractivity contribution in [1.82, 2.24) is 14.1 Å². The first-order valence-corrected chi connectivity index (χ1v) is 11.2. The first kappa shape index (κ1) is 20.3. The van der Waals surface area contributed by atoms with Gasteiger partial charge in [0, 0.05) is 44.8 Å². The molecule has 1 aromatic rings.